The van der Waals surface area contributed by atoms with Gasteiger partial charge < -0.3 is 34.0 Å². The van der Waals surface area contributed by atoms with Crippen molar-refractivity contribution in [3.05, 3.63) is 72.8 Å². The number of benzene rings is 2. The monoisotopic (exact) mass is 629 g/mol. The highest BCUT2D eigenvalue weighted by molar-refractivity contribution is 6.07. The molecule has 4 heterocycles. The quantitative estimate of drug-likeness (QED) is 0.294. The van der Waals surface area contributed by atoms with Gasteiger partial charge in [-0.1, -0.05) is 31.2 Å². The lowest BCUT2D eigenvalue weighted by Gasteiger charge is -2.38. The van der Waals surface area contributed by atoms with Crippen molar-refractivity contribution >= 4 is 29.1 Å². The molecular formula is C36H43N3O7. The van der Waals surface area contributed by atoms with E-state index < -0.39 is 29.1 Å². The van der Waals surface area contributed by atoms with E-state index in [1.165, 1.54) is 0 Å². The summed E-state index contributed by atoms with van der Waals surface area (Å²) < 4.78 is 18.0. The van der Waals surface area contributed by atoms with E-state index in [2.05, 4.69) is 0 Å². The Hall–Kier alpha value is -4.15. The van der Waals surface area contributed by atoms with Crippen molar-refractivity contribution in [1.29, 1.82) is 0 Å². The summed E-state index contributed by atoms with van der Waals surface area (Å²) in [6, 6.07) is 13.7. The number of carbonyl (C=O) groups is 3. The van der Waals surface area contributed by atoms with Gasteiger partial charge in [0.05, 0.1) is 31.2 Å². The summed E-state index contributed by atoms with van der Waals surface area (Å²) in [4.78, 5) is 49.1. The van der Waals surface area contributed by atoms with Gasteiger partial charge in [0.25, 0.3) is 5.91 Å². The number of anilines is 2. The second-order valence-corrected chi connectivity index (χ2v) is 12.3. The average Bonchev–Trinajstić information content (AvgIpc) is 3.36. The van der Waals surface area contributed by atoms with Crippen LogP contribution in [0.25, 0.3) is 0 Å². The lowest BCUT2D eigenvalue weighted by atomic mass is 9.73. The maximum atomic E-state index is 14.7. The van der Waals surface area contributed by atoms with E-state index in [-0.39, 0.29) is 30.9 Å². The predicted octanol–water partition coefficient (Wildman–Crippen LogP) is 4.12. The number of amides is 3. The van der Waals surface area contributed by atoms with Crippen LogP contribution in [0.4, 0.5) is 11.4 Å². The molecule has 0 aromatic heterocycles. The van der Waals surface area contributed by atoms with Gasteiger partial charge in [0, 0.05) is 37.6 Å². The molecule has 10 nitrogen and oxygen atoms in total. The molecule has 4 aliphatic heterocycles. The molecule has 3 amide bonds. The number of unbranched alkanes of at least 4 members (excludes halogenated alkanes) is 2. The van der Waals surface area contributed by atoms with E-state index >= 15 is 0 Å². The first kappa shape index (κ1) is 31.8. The summed E-state index contributed by atoms with van der Waals surface area (Å²) in [5.41, 5.74) is -1.03. The molecule has 2 fully saturated rings. The topological polar surface area (TPSA) is 109 Å². The van der Waals surface area contributed by atoms with Crippen molar-refractivity contribution < 1.29 is 33.7 Å². The fourth-order valence-electron chi connectivity index (χ4n) is 7.69. The molecule has 10 heteroatoms. The Kier molecular flexibility index (Phi) is 8.94. The number of aliphatic hydroxyl groups excluding tert-OH is 1. The van der Waals surface area contributed by atoms with Crippen molar-refractivity contribution in [2.75, 3.05) is 49.8 Å². The normalized spacial score (nSPS) is 28.6. The van der Waals surface area contributed by atoms with Crippen LogP contribution in [0, 0.1) is 11.8 Å². The van der Waals surface area contributed by atoms with Gasteiger partial charge in [0.15, 0.2) is 0 Å². The van der Waals surface area contributed by atoms with Crippen LogP contribution in [0.1, 0.15) is 39.5 Å². The molecule has 244 valence electrons. The standard InChI is InChI=1S/C36H43N3O7/c1-4-35-19-9-22-37(25-13-17-28(18-14-25)45-5-2)32(41)29(35)30-33(42)39(21-7-6-8-24-40)31-34(43)38(23-10-20-36(30,31)46-35)26-11-15-27(44-3)16-12-26/h9-20,29-31,40H,4-8,21-24H2,1-3H3/t29-,30-,31?,35+,36-/m0/s1. The van der Waals surface area contributed by atoms with Crippen LogP contribution in [-0.4, -0.2) is 84.9 Å². The largest absolute Gasteiger partial charge is 0.497 e. The van der Waals surface area contributed by atoms with E-state index in [1.54, 1.807) is 33.9 Å². The smallest absolute Gasteiger partial charge is 0.253 e. The summed E-state index contributed by atoms with van der Waals surface area (Å²) in [5, 5.41) is 9.37. The van der Waals surface area contributed by atoms with Crippen LogP contribution in [-0.2, 0) is 19.1 Å². The molecule has 1 unspecified atom stereocenters. The van der Waals surface area contributed by atoms with Gasteiger partial charge in [0.2, 0.25) is 11.8 Å². The molecule has 0 aliphatic carbocycles. The minimum absolute atomic E-state index is 0.0588. The zero-order valence-electron chi connectivity index (χ0n) is 26.8. The molecule has 2 aromatic rings. The predicted molar refractivity (Wildman–Crippen MR) is 174 cm³/mol. The van der Waals surface area contributed by atoms with Crippen LogP contribution >= 0.6 is 0 Å². The third-order valence-electron chi connectivity index (χ3n) is 9.84. The highest BCUT2D eigenvalue weighted by Crippen LogP contribution is 2.59. The van der Waals surface area contributed by atoms with Crippen LogP contribution in [0.5, 0.6) is 11.5 Å². The Morgan fingerprint density at radius 1 is 0.804 bits per heavy atom. The van der Waals surface area contributed by atoms with Crippen LogP contribution < -0.4 is 19.3 Å². The van der Waals surface area contributed by atoms with E-state index in [9.17, 15) is 19.5 Å². The Labute approximate surface area is 270 Å². The molecule has 46 heavy (non-hydrogen) atoms. The lowest BCUT2D eigenvalue weighted by Crippen LogP contribution is -2.56. The summed E-state index contributed by atoms with van der Waals surface area (Å²) in [5.74, 6) is -1.06. The number of hydrogen-bond donors (Lipinski definition) is 1. The SMILES string of the molecule is CCOc1ccc(N2CC=C[C@@]3(CC)O[C@]45C=CCN(c6ccc(OC)cc6)C(=O)C4N(CCCCCO)C(=O)[C@@H]5[C@H]3C2=O)cc1. The number of methoxy groups -OCH3 is 1. The average molecular weight is 630 g/mol. The molecule has 2 saturated heterocycles. The Bertz CT molecular complexity index is 1510. The van der Waals surface area contributed by atoms with Gasteiger partial charge in [-0.2, -0.15) is 0 Å². The maximum Gasteiger partial charge on any atom is 0.253 e. The number of rotatable bonds is 11. The van der Waals surface area contributed by atoms with Crippen LogP contribution in [0.2, 0.25) is 0 Å². The number of fused-ring (bicyclic) bond motifs is 2. The summed E-state index contributed by atoms with van der Waals surface area (Å²) in [6.07, 6.45) is 10.0. The third kappa shape index (κ3) is 5.17. The number of nitrogens with zero attached hydrogens (tertiary/aromatic N) is 3. The first-order valence-corrected chi connectivity index (χ1v) is 16.3. The minimum Gasteiger partial charge on any atom is -0.497 e. The third-order valence-corrected chi connectivity index (χ3v) is 9.84. The first-order chi connectivity index (χ1) is 22.3. The van der Waals surface area contributed by atoms with Gasteiger partial charge in [-0.05, 0) is 81.1 Å². The molecule has 0 bridgehead atoms. The number of likely N-dealkylation sites (tertiary alicyclic amines) is 1. The molecule has 1 spiro atoms. The molecule has 2 aromatic carbocycles. The molecule has 5 atom stereocenters. The van der Waals surface area contributed by atoms with E-state index in [0.29, 0.717) is 68.3 Å². The van der Waals surface area contributed by atoms with Gasteiger partial charge >= 0.3 is 0 Å². The first-order valence-electron chi connectivity index (χ1n) is 16.3. The molecule has 6 rings (SSSR count). The number of aliphatic hydroxyl groups is 1. The van der Waals surface area contributed by atoms with Crippen molar-refractivity contribution in [2.24, 2.45) is 11.8 Å². The Balaban J connectivity index is 1.42. The molecule has 0 radical (unpaired) electrons. The number of ether oxygens (including phenoxy) is 3. The minimum atomic E-state index is -1.34. The zero-order chi connectivity index (χ0) is 32.5. The van der Waals surface area contributed by atoms with E-state index in [4.69, 9.17) is 14.2 Å². The van der Waals surface area contributed by atoms with Crippen molar-refractivity contribution in [2.45, 2.75) is 56.8 Å². The van der Waals surface area contributed by atoms with Crippen molar-refractivity contribution in [3.63, 3.8) is 0 Å². The second-order valence-electron chi connectivity index (χ2n) is 12.3. The van der Waals surface area contributed by atoms with Crippen molar-refractivity contribution in [3.8, 4) is 11.5 Å². The highest BCUT2D eigenvalue weighted by Gasteiger charge is 2.75. The summed E-state index contributed by atoms with van der Waals surface area (Å²) in [6.45, 7) is 5.42. The molecule has 1 N–H and O–H groups in total. The van der Waals surface area contributed by atoms with E-state index in [0.717, 1.165) is 0 Å². The zero-order valence-corrected chi connectivity index (χ0v) is 26.8. The molecular weight excluding hydrogens is 586 g/mol. The Morgan fingerprint density at radius 2 is 1.43 bits per heavy atom. The molecule has 0 saturated carbocycles. The van der Waals surface area contributed by atoms with Crippen LogP contribution in [0.15, 0.2) is 72.8 Å². The summed E-state index contributed by atoms with van der Waals surface area (Å²) >= 11 is 0. The molecule has 4 aliphatic rings. The van der Waals surface area contributed by atoms with Gasteiger partial charge in [0.1, 0.15) is 23.1 Å². The second kappa shape index (κ2) is 12.9. The maximum absolute atomic E-state index is 14.7. The summed E-state index contributed by atoms with van der Waals surface area (Å²) in [7, 11) is 1.59. The fraction of sp³-hybridized carbons (Fsp3) is 0.472. The fourth-order valence-corrected chi connectivity index (χ4v) is 7.69. The number of hydrogen-bond acceptors (Lipinski definition) is 7. The van der Waals surface area contributed by atoms with Gasteiger partial charge in [-0.25, -0.2) is 0 Å². The van der Waals surface area contributed by atoms with E-state index in [1.807, 2.05) is 74.5 Å². The Morgan fingerprint density at radius 3 is 2.04 bits per heavy atom. The highest BCUT2D eigenvalue weighted by atomic mass is 16.5. The number of carbonyl (C=O) groups excluding carboxylic acids is 3. The van der Waals surface area contributed by atoms with Gasteiger partial charge in [-0.3, -0.25) is 14.4 Å². The van der Waals surface area contributed by atoms with Crippen LogP contribution in [0.3, 0.4) is 0 Å². The lowest BCUT2D eigenvalue weighted by molar-refractivity contribution is -0.145. The van der Waals surface area contributed by atoms with Gasteiger partial charge in [-0.15, -0.1) is 0 Å². The van der Waals surface area contributed by atoms with Crippen molar-refractivity contribution in [1.82, 2.24) is 4.90 Å².